The van der Waals surface area contributed by atoms with Gasteiger partial charge in [-0.1, -0.05) is 144 Å². The molecule has 0 atom stereocenters. The van der Waals surface area contributed by atoms with E-state index in [4.69, 9.17) is 4.42 Å². The maximum atomic E-state index is 7.06. The predicted molar refractivity (Wildman–Crippen MR) is 287 cm³/mol. The van der Waals surface area contributed by atoms with Crippen LogP contribution in [0.5, 0.6) is 0 Å². The van der Waals surface area contributed by atoms with E-state index in [1.54, 1.807) is 0 Å². The monoisotopic (exact) mass is 860 g/mol. The molecule has 0 saturated heterocycles. The average molecular weight is 861 g/mol. The number of aromatic nitrogens is 1. The molecule has 0 N–H and O–H groups in total. The number of furan rings is 1. The van der Waals surface area contributed by atoms with Gasteiger partial charge >= 0.3 is 6.85 Å². The zero-order valence-electron chi connectivity index (χ0n) is 41.3. The highest BCUT2D eigenvalue weighted by atomic mass is 16.3. The first kappa shape index (κ1) is 41.2. The molecule has 0 saturated carbocycles. The Balaban J connectivity index is 1.34. The summed E-state index contributed by atoms with van der Waals surface area (Å²) in [6.45, 7) is 32.7. The largest absolute Gasteiger partial charge is 0.456 e. The SMILES string of the molecule is Cc1c2ccccc2c(C)c2cc3c(cc12)B1c2c(cc4oc5ccccc5c4c2-c2cc(C(C)(C)C)cc4c5cc(C(C)(C)C)ccc5n1c24)N3c1cc(C(C)(C)C)cc(C(C)(C)C)c1. The minimum Gasteiger partial charge on any atom is -0.456 e. The van der Waals surface area contributed by atoms with Crippen molar-refractivity contribution in [3.8, 4) is 11.1 Å². The first-order chi connectivity index (χ1) is 31.1. The van der Waals surface area contributed by atoms with Gasteiger partial charge in [-0.15, -0.1) is 0 Å². The van der Waals surface area contributed by atoms with E-state index in [1.807, 2.05) is 0 Å². The fraction of sp³-hybridized carbons (Fsp3) is 0.290. The van der Waals surface area contributed by atoms with E-state index in [2.05, 4.69) is 222 Å². The lowest BCUT2D eigenvalue weighted by Crippen LogP contribution is -2.56. The molecule has 2 aliphatic heterocycles. The molecule has 66 heavy (non-hydrogen) atoms. The highest BCUT2D eigenvalue weighted by Gasteiger charge is 2.45. The van der Waals surface area contributed by atoms with Crippen LogP contribution in [-0.4, -0.2) is 11.3 Å². The summed E-state index contributed by atoms with van der Waals surface area (Å²) in [5.41, 5.74) is 21.0. The lowest BCUT2D eigenvalue weighted by Gasteiger charge is -2.42. The van der Waals surface area contributed by atoms with Crippen LogP contribution < -0.4 is 15.8 Å². The average Bonchev–Trinajstić information content (AvgIpc) is 3.80. The van der Waals surface area contributed by atoms with Crippen LogP contribution in [0.3, 0.4) is 0 Å². The van der Waals surface area contributed by atoms with Crippen LogP contribution in [0.4, 0.5) is 17.1 Å². The lowest BCUT2D eigenvalue weighted by molar-refractivity contribution is 0.568. The summed E-state index contributed by atoms with van der Waals surface area (Å²) >= 11 is 0. The number of hydrogen-bond donors (Lipinski definition) is 0. The molecule has 4 heterocycles. The van der Waals surface area contributed by atoms with Gasteiger partial charge in [0.1, 0.15) is 11.2 Å². The zero-order chi connectivity index (χ0) is 46.3. The fourth-order valence-electron chi connectivity index (χ4n) is 11.7. The van der Waals surface area contributed by atoms with Crippen LogP contribution >= 0.6 is 0 Å². The summed E-state index contributed by atoms with van der Waals surface area (Å²) in [6.07, 6.45) is 0. The number of aryl methyl sites for hydroxylation is 2. The van der Waals surface area contributed by atoms with Crippen LogP contribution in [0, 0.1) is 13.8 Å². The number of anilines is 3. The van der Waals surface area contributed by atoms with E-state index in [0.717, 1.165) is 16.6 Å². The lowest BCUT2D eigenvalue weighted by atomic mass is 9.44. The van der Waals surface area contributed by atoms with Crippen molar-refractivity contribution in [3.05, 3.63) is 149 Å². The van der Waals surface area contributed by atoms with Gasteiger partial charge in [0.25, 0.3) is 0 Å². The second kappa shape index (κ2) is 13.2. The van der Waals surface area contributed by atoms with Crippen LogP contribution in [0.2, 0.25) is 0 Å². The molecular formula is C62H61BN2O. The highest BCUT2D eigenvalue weighted by Crippen LogP contribution is 2.52. The summed E-state index contributed by atoms with van der Waals surface area (Å²) in [7, 11) is 0. The molecule has 0 aliphatic carbocycles. The maximum Gasteiger partial charge on any atom is 0.333 e. The minimum atomic E-state index is -0.115. The number of fused-ring (bicyclic) bond motifs is 13. The van der Waals surface area contributed by atoms with Crippen molar-refractivity contribution in [1.29, 1.82) is 0 Å². The maximum absolute atomic E-state index is 7.06. The van der Waals surface area contributed by atoms with Crippen molar-refractivity contribution in [2.75, 3.05) is 4.90 Å². The zero-order valence-corrected chi connectivity index (χ0v) is 41.3. The molecule has 0 amide bonds. The van der Waals surface area contributed by atoms with E-state index in [-0.39, 0.29) is 28.5 Å². The molecule has 2 aromatic heterocycles. The molecule has 10 aromatic rings. The van der Waals surface area contributed by atoms with Crippen molar-refractivity contribution in [2.45, 2.75) is 119 Å². The Bertz CT molecular complexity index is 3740. The van der Waals surface area contributed by atoms with E-state index in [9.17, 15) is 0 Å². The van der Waals surface area contributed by atoms with Crippen LogP contribution in [0.1, 0.15) is 116 Å². The van der Waals surface area contributed by atoms with Crippen molar-refractivity contribution < 1.29 is 4.42 Å². The number of para-hydroxylation sites is 1. The number of benzene rings is 8. The Hall–Kier alpha value is -6.26. The second-order valence-electron chi connectivity index (χ2n) is 23.9. The summed E-state index contributed by atoms with van der Waals surface area (Å²) in [6, 6.07) is 45.0. The molecule has 12 rings (SSSR count). The van der Waals surface area contributed by atoms with Gasteiger partial charge in [0.2, 0.25) is 0 Å². The summed E-state index contributed by atoms with van der Waals surface area (Å²) in [4.78, 5) is 2.63. The van der Waals surface area contributed by atoms with Gasteiger partial charge in [0, 0.05) is 61.3 Å². The van der Waals surface area contributed by atoms with Gasteiger partial charge in [0.15, 0.2) is 0 Å². The van der Waals surface area contributed by atoms with Gasteiger partial charge in [-0.2, -0.15) is 0 Å². The molecular weight excluding hydrogens is 800 g/mol. The third-order valence-electron chi connectivity index (χ3n) is 15.5. The summed E-state index contributed by atoms with van der Waals surface area (Å²) in [5, 5.41) is 10.3. The number of nitrogens with zero attached hydrogens (tertiary/aromatic N) is 2. The Morgan fingerprint density at radius 3 is 1.64 bits per heavy atom. The van der Waals surface area contributed by atoms with Crippen molar-refractivity contribution in [2.24, 2.45) is 0 Å². The number of rotatable bonds is 1. The summed E-state index contributed by atoms with van der Waals surface area (Å²) in [5.74, 6) is 0. The standard InChI is InChI=1S/C62H61BN2O/c1-34-41-19-15-16-20-42(41)35(2)45-32-51-49(31-44(34)45)63-57-52(64(51)40-26-37(60(6,7)8)25-38(27-40)61(9,10)11)33-54-55(43-21-17-18-22-53(43)66-54)56(57)48-30-39(62(12,13)14)29-47-46-28-36(59(3,4)5)23-24-50(46)65(63)58(47)48/h15-33H,1-14H3. The molecule has 8 aromatic carbocycles. The molecule has 0 fully saturated rings. The first-order valence-corrected chi connectivity index (χ1v) is 24.1. The van der Waals surface area contributed by atoms with Gasteiger partial charge < -0.3 is 13.8 Å². The fourth-order valence-corrected chi connectivity index (χ4v) is 11.7. The minimum absolute atomic E-state index is 0.00617. The Labute approximate surface area is 390 Å². The molecule has 0 spiro atoms. The highest BCUT2D eigenvalue weighted by molar-refractivity contribution is 6.90. The molecule has 3 nitrogen and oxygen atoms in total. The van der Waals surface area contributed by atoms with Crippen molar-refractivity contribution in [1.82, 2.24) is 4.48 Å². The van der Waals surface area contributed by atoms with E-state index < -0.39 is 0 Å². The molecule has 4 heteroatoms. The van der Waals surface area contributed by atoms with Crippen LogP contribution in [0.15, 0.2) is 120 Å². The van der Waals surface area contributed by atoms with Crippen LogP contribution in [-0.2, 0) is 21.7 Å². The molecule has 0 unspecified atom stereocenters. The third-order valence-corrected chi connectivity index (χ3v) is 15.5. The Morgan fingerprint density at radius 2 is 1.02 bits per heavy atom. The van der Waals surface area contributed by atoms with Crippen LogP contribution in [0.25, 0.3) is 76.4 Å². The predicted octanol–water partition coefficient (Wildman–Crippen LogP) is 16.2. The molecule has 0 radical (unpaired) electrons. The smallest absolute Gasteiger partial charge is 0.333 e. The quantitative estimate of drug-likeness (QED) is 0.121. The van der Waals surface area contributed by atoms with E-state index >= 15 is 0 Å². The molecule has 2 aliphatic rings. The van der Waals surface area contributed by atoms with E-state index in [0.29, 0.717) is 0 Å². The van der Waals surface area contributed by atoms with Crippen molar-refractivity contribution in [3.63, 3.8) is 0 Å². The first-order valence-electron chi connectivity index (χ1n) is 24.1. The molecule has 0 bridgehead atoms. The topological polar surface area (TPSA) is 21.3 Å². The Kier molecular flexibility index (Phi) is 8.25. The van der Waals surface area contributed by atoms with Gasteiger partial charge in [-0.05, 0) is 155 Å². The third kappa shape index (κ3) is 5.69. The van der Waals surface area contributed by atoms with Gasteiger partial charge in [0.05, 0.1) is 0 Å². The van der Waals surface area contributed by atoms with E-state index in [1.165, 1.54) is 121 Å². The van der Waals surface area contributed by atoms with Gasteiger partial charge in [-0.3, -0.25) is 0 Å². The number of hydrogen-bond acceptors (Lipinski definition) is 2. The Morgan fingerprint density at radius 1 is 0.455 bits per heavy atom. The van der Waals surface area contributed by atoms with Gasteiger partial charge in [-0.25, -0.2) is 0 Å². The second-order valence-corrected chi connectivity index (χ2v) is 23.9. The van der Waals surface area contributed by atoms with Crippen molar-refractivity contribution >= 4 is 100 Å². The molecule has 328 valence electrons. The summed E-state index contributed by atoms with van der Waals surface area (Å²) < 4.78 is 9.81. The normalized spacial score (nSPS) is 14.2.